The van der Waals surface area contributed by atoms with Crippen LogP contribution in [0.4, 0.5) is 5.69 Å². The third kappa shape index (κ3) is 2.87. The maximum absolute atomic E-state index is 11.9. The fourth-order valence-electron chi connectivity index (χ4n) is 1.97. The van der Waals surface area contributed by atoms with E-state index in [2.05, 4.69) is 15.4 Å². The molecule has 1 atom stereocenters. The average molecular weight is 278 g/mol. The minimum absolute atomic E-state index is 0.0948. The third-order valence-corrected chi connectivity index (χ3v) is 3.05. The molecule has 0 spiro atoms. The fraction of sp³-hybridized carbons (Fsp3) is 0.308. The number of nitrogens with one attached hydrogen (secondary N) is 2. The lowest BCUT2D eigenvalue weighted by molar-refractivity contribution is -0.142. The maximum atomic E-state index is 11.9. The van der Waals surface area contributed by atoms with E-state index in [1.807, 2.05) is 0 Å². The molecule has 1 aromatic rings. The monoisotopic (exact) mass is 278 g/mol. The van der Waals surface area contributed by atoms with Crippen molar-refractivity contribution in [2.24, 2.45) is 0 Å². The van der Waals surface area contributed by atoms with E-state index in [0.29, 0.717) is 11.3 Å². The van der Waals surface area contributed by atoms with E-state index < -0.39 is 18.0 Å². The zero-order valence-corrected chi connectivity index (χ0v) is 10.8. The lowest BCUT2D eigenvalue weighted by atomic mass is 10.1. The van der Waals surface area contributed by atoms with Crippen molar-refractivity contribution >= 4 is 23.5 Å². The predicted molar refractivity (Wildman–Crippen MR) is 69.3 cm³/mol. The smallest absolute Gasteiger partial charge is 0.335 e. The highest BCUT2D eigenvalue weighted by Gasteiger charge is 2.26. The molecule has 3 N–H and O–H groups in total. The molecule has 1 aliphatic rings. The molecule has 0 fully saturated rings. The highest BCUT2D eigenvalue weighted by molar-refractivity contribution is 5.92. The number of aromatic carboxylic acids is 1. The second-order valence-corrected chi connectivity index (χ2v) is 4.37. The number of amides is 1. The molecule has 0 saturated heterocycles. The van der Waals surface area contributed by atoms with Crippen LogP contribution in [0.3, 0.4) is 0 Å². The Morgan fingerprint density at radius 1 is 1.45 bits per heavy atom. The summed E-state index contributed by atoms with van der Waals surface area (Å²) in [5.41, 5.74) is 1.43. The Hall–Kier alpha value is -2.57. The summed E-state index contributed by atoms with van der Waals surface area (Å²) in [6.45, 7) is 0.208. The maximum Gasteiger partial charge on any atom is 0.335 e. The Balaban J connectivity index is 2.25. The van der Waals surface area contributed by atoms with Crippen LogP contribution in [0.1, 0.15) is 22.3 Å². The van der Waals surface area contributed by atoms with Gasteiger partial charge < -0.3 is 20.5 Å². The third-order valence-electron chi connectivity index (χ3n) is 3.05. The molecule has 7 nitrogen and oxygen atoms in total. The van der Waals surface area contributed by atoms with Gasteiger partial charge in [-0.2, -0.15) is 0 Å². The minimum Gasteiger partial charge on any atom is -0.478 e. The molecule has 7 heteroatoms. The Bertz CT molecular complexity index is 570. The minimum atomic E-state index is -1.03. The number of carboxylic acid groups (broad SMARTS) is 1. The van der Waals surface area contributed by atoms with E-state index in [0.717, 1.165) is 0 Å². The number of anilines is 1. The van der Waals surface area contributed by atoms with Crippen LogP contribution in [0.15, 0.2) is 18.2 Å². The summed E-state index contributed by atoms with van der Waals surface area (Å²) in [6, 6.07) is 3.79. The van der Waals surface area contributed by atoms with Crippen LogP contribution in [0.2, 0.25) is 0 Å². The summed E-state index contributed by atoms with van der Waals surface area (Å²) >= 11 is 0. The number of carbonyl (C=O) groups is 3. The van der Waals surface area contributed by atoms with Crippen LogP contribution >= 0.6 is 0 Å². The second-order valence-electron chi connectivity index (χ2n) is 4.37. The van der Waals surface area contributed by atoms with Crippen LogP contribution < -0.4 is 10.6 Å². The van der Waals surface area contributed by atoms with E-state index >= 15 is 0 Å². The van der Waals surface area contributed by atoms with Crippen molar-refractivity contribution in [3.8, 4) is 0 Å². The lowest BCUT2D eigenvalue weighted by Crippen LogP contribution is -2.38. The molecule has 0 aliphatic carbocycles. The molecule has 1 amide bonds. The van der Waals surface area contributed by atoms with Gasteiger partial charge in [-0.25, -0.2) is 4.79 Å². The molecule has 0 aromatic heterocycles. The zero-order valence-electron chi connectivity index (χ0n) is 10.8. The van der Waals surface area contributed by atoms with E-state index in [9.17, 15) is 14.4 Å². The topological polar surface area (TPSA) is 105 Å². The van der Waals surface area contributed by atoms with Gasteiger partial charge >= 0.3 is 11.9 Å². The standard InChI is InChI=1S/C13H14N2O5/c1-20-11(16)5-10-12(17)14-6-8-4-7(13(18)19)2-3-9(8)15-10/h2-4,10,15H,5-6H2,1H3,(H,14,17)(H,18,19). The van der Waals surface area contributed by atoms with Gasteiger partial charge in [-0.3, -0.25) is 9.59 Å². The number of hydrogen-bond donors (Lipinski definition) is 3. The van der Waals surface area contributed by atoms with Crippen molar-refractivity contribution in [1.29, 1.82) is 0 Å². The summed E-state index contributed by atoms with van der Waals surface area (Å²) < 4.78 is 4.54. The number of hydrogen-bond acceptors (Lipinski definition) is 5. The van der Waals surface area contributed by atoms with Crippen molar-refractivity contribution < 1.29 is 24.2 Å². The summed E-state index contributed by atoms with van der Waals surface area (Å²) in [4.78, 5) is 34.0. The SMILES string of the molecule is COC(=O)CC1Nc2ccc(C(=O)O)cc2CNC1=O. The number of rotatable bonds is 3. The Labute approximate surface area is 114 Å². The molecule has 20 heavy (non-hydrogen) atoms. The molecule has 2 rings (SSSR count). The van der Waals surface area contributed by atoms with Crippen LogP contribution in [-0.4, -0.2) is 36.1 Å². The zero-order chi connectivity index (χ0) is 14.7. The van der Waals surface area contributed by atoms with Gasteiger partial charge in [0.1, 0.15) is 6.04 Å². The van der Waals surface area contributed by atoms with Crippen molar-refractivity contribution in [3.63, 3.8) is 0 Å². The largest absolute Gasteiger partial charge is 0.478 e. The van der Waals surface area contributed by atoms with Crippen LogP contribution in [-0.2, 0) is 20.9 Å². The van der Waals surface area contributed by atoms with Gasteiger partial charge in [0.25, 0.3) is 0 Å². The van der Waals surface area contributed by atoms with E-state index in [1.165, 1.54) is 19.2 Å². The van der Waals surface area contributed by atoms with Crippen molar-refractivity contribution in [2.45, 2.75) is 19.0 Å². The second kappa shape index (κ2) is 5.60. The van der Waals surface area contributed by atoms with Crippen molar-refractivity contribution in [3.05, 3.63) is 29.3 Å². The van der Waals surface area contributed by atoms with Crippen molar-refractivity contribution in [1.82, 2.24) is 5.32 Å². The fourth-order valence-corrected chi connectivity index (χ4v) is 1.97. The van der Waals surface area contributed by atoms with Crippen LogP contribution in [0.5, 0.6) is 0 Å². The number of carboxylic acids is 1. The van der Waals surface area contributed by atoms with E-state index in [-0.39, 0.29) is 24.4 Å². The van der Waals surface area contributed by atoms with Gasteiger partial charge in [-0.15, -0.1) is 0 Å². The molecule has 1 aliphatic heterocycles. The van der Waals surface area contributed by atoms with E-state index in [4.69, 9.17) is 5.11 Å². The van der Waals surface area contributed by atoms with Crippen LogP contribution in [0, 0.1) is 0 Å². The molecule has 1 heterocycles. The number of methoxy groups -OCH3 is 1. The first-order valence-electron chi connectivity index (χ1n) is 5.98. The van der Waals surface area contributed by atoms with Gasteiger partial charge in [-0.1, -0.05) is 0 Å². The first-order chi connectivity index (χ1) is 9.51. The predicted octanol–water partition coefficient (Wildman–Crippen LogP) is 0.358. The molecular formula is C13H14N2O5. The molecule has 0 saturated carbocycles. The Morgan fingerprint density at radius 2 is 2.20 bits per heavy atom. The highest BCUT2D eigenvalue weighted by atomic mass is 16.5. The van der Waals surface area contributed by atoms with Gasteiger partial charge in [0.2, 0.25) is 5.91 Å². The quantitative estimate of drug-likeness (QED) is 0.689. The van der Waals surface area contributed by atoms with E-state index in [1.54, 1.807) is 6.07 Å². The molecule has 1 unspecified atom stereocenters. The number of fused-ring (bicyclic) bond motifs is 1. The van der Waals surface area contributed by atoms with Gasteiger partial charge in [-0.05, 0) is 23.8 Å². The van der Waals surface area contributed by atoms with Gasteiger partial charge in [0.05, 0.1) is 19.1 Å². The Kier molecular flexibility index (Phi) is 3.88. The summed E-state index contributed by atoms with van der Waals surface area (Å²) in [7, 11) is 1.25. The Morgan fingerprint density at radius 3 is 2.85 bits per heavy atom. The van der Waals surface area contributed by atoms with Gasteiger partial charge in [0, 0.05) is 12.2 Å². The number of carbonyl (C=O) groups excluding carboxylic acids is 2. The molecule has 1 aromatic carbocycles. The molecule has 0 bridgehead atoms. The molecule has 0 radical (unpaired) electrons. The first kappa shape index (κ1) is 13.9. The lowest BCUT2D eigenvalue weighted by Gasteiger charge is -2.15. The average Bonchev–Trinajstić information content (AvgIpc) is 2.58. The summed E-state index contributed by atoms with van der Waals surface area (Å²) in [5, 5.41) is 14.5. The van der Waals surface area contributed by atoms with Gasteiger partial charge in [0.15, 0.2) is 0 Å². The highest BCUT2D eigenvalue weighted by Crippen LogP contribution is 2.22. The number of benzene rings is 1. The summed E-state index contributed by atoms with van der Waals surface area (Å²) in [5.74, 6) is -1.86. The van der Waals surface area contributed by atoms with Crippen LogP contribution in [0.25, 0.3) is 0 Å². The first-order valence-corrected chi connectivity index (χ1v) is 5.98. The normalized spacial score (nSPS) is 17.2. The summed E-state index contributed by atoms with van der Waals surface area (Å²) in [6.07, 6.45) is -0.0948. The number of esters is 1. The molecule has 106 valence electrons. The van der Waals surface area contributed by atoms with Crippen molar-refractivity contribution in [2.75, 3.05) is 12.4 Å². The number of ether oxygens (including phenoxy) is 1. The molecular weight excluding hydrogens is 264 g/mol.